The molecule has 0 aromatic carbocycles. The lowest BCUT2D eigenvalue weighted by Crippen LogP contribution is -2.51. The van der Waals surface area contributed by atoms with Crippen LogP contribution in [0.1, 0.15) is 37.2 Å². The van der Waals surface area contributed by atoms with Gasteiger partial charge in [-0.15, -0.1) is 36.2 Å². The van der Waals surface area contributed by atoms with Crippen molar-refractivity contribution in [3.05, 3.63) is 16.6 Å². The molecule has 3 rings (SSSR count). The van der Waals surface area contributed by atoms with Gasteiger partial charge in [0.05, 0.1) is 6.04 Å². The van der Waals surface area contributed by atoms with Gasteiger partial charge in [-0.05, 0) is 38.3 Å². The van der Waals surface area contributed by atoms with E-state index in [4.69, 9.17) is 0 Å². The minimum absolute atomic E-state index is 0. The number of aromatic nitrogens is 1. The second-order valence-corrected chi connectivity index (χ2v) is 6.55. The number of nitrogens with zero attached hydrogens (tertiary/aromatic N) is 2. The van der Waals surface area contributed by atoms with Gasteiger partial charge in [-0.3, -0.25) is 4.79 Å². The minimum Gasteiger partial charge on any atom is -0.333 e. The fourth-order valence-electron chi connectivity index (χ4n) is 2.98. The number of thiazole rings is 1. The van der Waals surface area contributed by atoms with E-state index in [9.17, 15) is 4.79 Å². The number of likely N-dealkylation sites (tertiary alicyclic amines) is 1. The molecule has 120 valence electrons. The zero-order valence-electron chi connectivity index (χ0n) is 12.2. The van der Waals surface area contributed by atoms with Crippen LogP contribution in [0.15, 0.2) is 11.6 Å². The summed E-state index contributed by atoms with van der Waals surface area (Å²) in [6.07, 6.45) is 5.24. The Morgan fingerprint density at radius 1 is 1.43 bits per heavy atom. The van der Waals surface area contributed by atoms with Gasteiger partial charge in [-0.2, -0.15) is 0 Å². The number of halogens is 2. The molecular weight excluding hydrogens is 329 g/mol. The Morgan fingerprint density at radius 2 is 2.19 bits per heavy atom. The molecular formula is C14H23Cl2N3OS. The van der Waals surface area contributed by atoms with Crippen LogP contribution in [0.5, 0.6) is 0 Å². The molecule has 0 spiro atoms. The SMILES string of the molecule is CC(C(=O)N1CCCCC1c1nccs1)C1CNC1.Cl.Cl. The molecule has 7 heteroatoms. The third kappa shape index (κ3) is 3.89. The fourth-order valence-corrected chi connectivity index (χ4v) is 3.76. The van der Waals surface area contributed by atoms with Gasteiger partial charge in [0.1, 0.15) is 5.01 Å². The van der Waals surface area contributed by atoms with Crippen molar-refractivity contribution < 1.29 is 4.79 Å². The normalized spacial score (nSPS) is 23.5. The number of amides is 1. The van der Waals surface area contributed by atoms with Crippen LogP contribution in [0.2, 0.25) is 0 Å². The summed E-state index contributed by atoms with van der Waals surface area (Å²) in [7, 11) is 0. The van der Waals surface area contributed by atoms with Crippen molar-refractivity contribution in [2.24, 2.45) is 11.8 Å². The van der Waals surface area contributed by atoms with E-state index < -0.39 is 0 Å². The molecule has 2 fully saturated rings. The smallest absolute Gasteiger partial charge is 0.226 e. The maximum absolute atomic E-state index is 12.7. The highest BCUT2D eigenvalue weighted by atomic mass is 35.5. The summed E-state index contributed by atoms with van der Waals surface area (Å²) in [6, 6.07) is 0.219. The topological polar surface area (TPSA) is 45.2 Å². The van der Waals surface area contributed by atoms with Gasteiger partial charge in [-0.25, -0.2) is 4.98 Å². The van der Waals surface area contributed by atoms with Crippen LogP contribution >= 0.6 is 36.2 Å². The molecule has 1 amide bonds. The minimum atomic E-state index is 0. The summed E-state index contributed by atoms with van der Waals surface area (Å²) in [5.41, 5.74) is 0. The standard InChI is InChI=1S/C14H21N3OS.2ClH/c1-10(11-8-15-9-11)14(18)17-6-3-2-4-12(17)13-16-5-7-19-13;;/h5,7,10-12,15H,2-4,6,8-9H2,1H3;2*1H. The number of rotatable bonds is 3. The summed E-state index contributed by atoms with van der Waals surface area (Å²) >= 11 is 1.67. The number of carbonyl (C=O) groups excluding carboxylic acids is 1. The highest BCUT2D eigenvalue weighted by Crippen LogP contribution is 2.34. The van der Waals surface area contributed by atoms with Crippen LogP contribution in [0.25, 0.3) is 0 Å². The zero-order chi connectivity index (χ0) is 13.2. The van der Waals surface area contributed by atoms with Gasteiger partial charge < -0.3 is 10.2 Å². The molecule has 3 heterocycles. The predicted molar refractivity (Wildman–Crippen MR) is 90.4 cm³/mol. The monoisotopic (exact) mass is 351 g/mol. The Bertz CT molecular complexity index is 439. The molecule has 2 saturated heterocycles. The zero-order valence-corrected chi connectivity index (χ0v) is 14.6. The second-order valence-electron chi connectivity index (χ2n) is 5.62. The average Bonchev–Trinajstić information content (AvgIpc) is 2.89. The number of hydrogen-bond acceptors (Lipinski definition) is 4. The molecule has 1 N–H and O–H groups in total. The van der Waals surface area contributed by atoms with Gasteiger partial charge in [0.2, 0.25) is 5.91 Å². The van der Waals surface area contributed by atoms with Crippen LogP contribution in [-0.4, -0.2) is 35.4 Å². The van der Waals surface area contributed by atoms with E-state index in [1.54, 1.807) is 11.3 Å². The van der Waals surface area contributed by atoms with Gasteiger partial charge >= 0.3 is 0 Å². The molecule has 0 saturated carbocycles. The number of nitrogens with one attached hydrogen (secondary N) is 1. The lowest BCUT2D eigenvalue weighted by atomic mass is 9.87. The third-order valence-electron chi connectivity index (χ3n) is 4.43. The van der Waals surface area contributed by atoms with Crippen LogP contribution < -0.4 is 5.32 Å². The maximum atomic E-state index is 12.7. The highest BCUT2D eigenvalue weighted by molar-refractivity contribution is 7.09. The Morgan fingerprint density at radius 3 is 2.76 bits per heavy atom. The summed E-state index contributed by atoms with van der Waals surface area (Å²) in [6.45, 7) is 4.96. The van der Waals surface area contributed by atoms with E-state index in [1.165, 1.54) is 6.42 Å². The third-order valence-corrected chi connectivity index (χ3v) is 5.31. The summed E-state index contributed by atoms with van der Waals surface area (Å²) in [4.78, 5) is 19.2. The van der Waals surface area contributed by atoms with Crippen molar-refractivity contribution >= 4 is 42.1 Å². The first-order chi connectivity index (χ1) is 9.27. The first-order valence-corrected chi connectivity index (χ1v) is 8.06. The van der Waals surface area contributed by atoms with Crippen molar-refractivity contribution in [2.45, 2.75) is 32.2 Å². The Kier molecular flexibility index (Phi) is 7.40. The van der Waals surface area contributed by atoms with Crippen LogP contribution in [0.4, 0.5) is 0 Å². The van der Waals surface area contributed by atoms with Crippen molar-refractivity contribution in [1.82, 2.24) is 15.2 Å². The summed E-state index contributed by atoms with van der Waals surface area (Å²) in [5, 5.41) is 6.37. The quantitative estimate of drug-likeness (QED) is 0.910. The van der Waals surface area contributed by atoms with Gasteiger partial charge in [0.15, 0.2) is 0 Å². The van der Waals surface area contributed by atoms with Crippen LogP contribution in [0, 0.1) is 11.8 Å². The van der Waals surface area contributed by atoms with Crippen LogP contribution in [-0.2, 0) is 4.79 Å². The van der Waals surface area contributed by atoms with Crippen molar-refractivity contribution in [1.29, 1.82) is 0 Å². The number of piperidine rings is 1. The molecule has 2 unspecified atom stereocenters. The molecule has 1 aromatic rings. The summed E-state index contributed by atoms with van der Waals surface area (Å²) in [5.74, 6) is 0.986. The first-order valence-electron chi connectivity index (χ1n) is 7.18. The van der Waals surface area contributed by atoms with E-state index in [1.807, 2.05) is 11.6 Å². The Labute approximate surface area is 142 Å². The Balaban J connectivity index is 0.00000110. The van der Waals surface area contributed by atoms with E-state index in [-0.39, 0.29) is 36.8 Å². The van der Waals surface area contributed by atoms with E-state index in [2.05, 4.69) is 22.1 Å². The molecule has 4 nitrogen and oxygen atoms in total. The highest BCUT2D eigenvalue weighted by Gasteiger charge is 2.36. The Hall–Kier alpha value is -0.360. The predicted octanol–water partition coefficient (Wildman–Crippen LogP) is 2.90. The first kappa shape index (κ1) is 18.7. The van der Waals surface area contributed by atoms with Gasteiger partial charge in [-0.1, -0.05) is 6.92 Å². The van der Waals surface area contributed by atoms with Gasteiger partial charge in [0, 0.05) is 24.0 Å². The van der Waals surface area contributed by atoms with Gasteiger partial charge in [0.25, 0.3) is 0 Å². The lowest BCUT2D eigenvalue weighted by Gasteiger charge is -2.40. The molecule has 21 heavy (non-hydrogen) atoms. The average molecular weight is 352 g/mol. The van der Waals surface area contributed by atoms with E-state index in [0.29, 0.717) is 11.8 Å². The van der Waals surface area contributed by atoms with Crippen molar-refractivity contribution in [3.8, 4) is 0 Å². The molecule has 2 aliphatic rings. The molecule has 0 aliphatic carbocycles. The van der Waals surface area contributed by atoms with Crippen molar-refractivity contribution in [3.63, 3.8) is 0 Å². The molecule has 2 atom stereocenters. The van der Waals surface area contributed by atoms with Crippen molar-refractivity contribution in [2.75, 3.05) is 19.6 Å². The molecule has 1 aromatic heterocycles. The summed E-state index contributed by atoms with van der Waals surface area (Å²) < 4.78 is 0. The number of carbonyl (C=O) groups is 1. The fraction of sp³-hybridized carbons (Fsp3) is 0.714. The van der Waals surface area contributed by atoms with Crippen LogP contribution in [0.3, 0.4) is 0 Å². The number of hydrogen-bond donors (Lipinski definition) is 1. The molecule has 2 aliphatic heterocycles. The molecule has 0 radical (unpaired) electrons. The second kappa shape index (κ2) is 8.32. The van der Waals surface area contributed by atoms with E-state index >= 15 is 0 Å². The lowest BCUT2D eigenvalue weighted by molar-refractivity contribution is -0.141. The maximum Gasteiger partial charge on any atom is 0.226 e. The molecule has 0 bridgehead atoms. The van der Waals surface area contributed by atoms with E-state index in [0.717, 1.165) is 37.5 Å². The largest absolute Gasteiger partial charge is 0.333 e.